The molecule has 0 heterocycles. The predicted molar refractivity (Wildman–Crippen MR) is 80.1 cm³/mol. The molecule has 0 spiro atoms. The van der Waals surface area contributed by atoms with Gasteiger partial charge in [-0.3, -0.25) is 0 Å². The maximum absolute atomic E-state index is 10.9. The van der Waals surface area contributed by atoms with Crippen LogP contribution in [0.1, 0.15) is 27.0 Å². The van der Waals surface area contributed by atoms with Gasteiger partial charge in [0.1, 0.15) is 5.75 Å². The average Bonchev–Trinajstić information content (AvgIpc) is 2.46. The number of hydrogen-bond donors (Lipinski definition) is 1. The van der Waals surface area contributed by atoms with E-state index in [1.165, 1.54) is 0 Å². The van der Waals surface area contributed by atoms with Gasteiger partial charge in [0, 0.05) is 0 Å². The molecule has 0 aliphatic carbocycles. The van der Waals surface area contributed by atoms with E-state index in [4.69, 9.17) is 9.84 Å². The fourth-order valence-corrected chi connectivity index (χ4v) is 1.92. The first-order valence-corrected chi connectivity index (χ1v) is 6.26. The molecule has 3 heteroatoms. The van der Waals surface area contributed by atoms with Crippen LogP contribution in [-0.2, 0) is 0 Å². The minimum atomic E-state index is -0.916. The monoisotopic (exact) mass is 268 g/mol. The van der Waals surface area contributed by atoms with Crippen LogP contribution >= 0.6 is 0 Å². The fourth-order valence-electron chi connectivity index (χ4n) is 1.92. The number of carboxylic acid groups (broad SMARTS) is 1. The van der Waals surface area contributed by atoms with E-state index in [0.717, 1.165) is 22.4 Å². The van der Waals surface area contributed by atoms with Gasteiger partial charge >= 0.3 is 5.97 Å². The van der Waals surface area contributed by atoms with Crippen molar-refractivity contribution in [2.75, 3.05) is 7.11 Å². The number of benzene rings is 2. The molecule has 0 unspecified atom stereocenters. The first-order chi connectivity index (χ1) is 9.60. The Morgan fingerprint density at radius 3 is 2.60 bits per heavy atom. The van der Waals surface area contributed by atoms with Gasteiger partial charge in [-0.2, -0.15) is 0 Å². The van der Waals surface area contributed by atoms with Crippen LogP contribution < -0.4 is 4.74 Å². The van der Waals surface area contributed by atoms with Crippen molar-refractivity contribution < 1.29 is 14.6 Å². The molecule has 0 amide bonds. The van der Waals surface area contributed by atoms with Crippen molar-refractivity contribution in [2.45, 2.75) is 6.92 Å². The van der Waals surface area contributed by atoms with E-state index in [0.29, 0.717) is 5.56 Å². The molecule has 2 aromatic rings. The quantitative estimate of drug-likeness (QED) is 0.856. The van der Waals surface area contributed by atoms with Crippen molar-refractivity contribution in [2.24, 2.45) is 0 Å². The minimum absolute atomic E-state index is 0.290. The Morgan fingerprint density at radius 1 is 1.15 bits per heavy atom. The van der Waals surface area contributed by atoms with Crippen LogP contribution in [0.25, 0.3) is 12.2 Å². The van der Waals surface area contributed by atoms with Crippen molar-refractivity contribution in [1.29, 1.82) is 0 Å². The van der Waals surface area contributed by atoms with Crippen LogP contribution in [-0.4, -0.2) is 18.2 Å². The van der Waals surface area contributed by atoms with Gasteiger partial charge in [0.05, 0.1) is 12.7 Å². The maximum Gasteiger partial charge on any atom is 0.335 e. The largest absolute Gasteiger partial charge is 0.497 e. The Morgan fingerprint density at radius 2 is 1.95 bits per heavy atom. The molecule has 0 aliphatic rings. The summed E-state index contributed by atoms with van der Waals surface area (Å²) < 4.78 is 5.17. The van der Waals surface area contributed by atoms with Gasteiger partial charge in [-0.15, -0.1) is 0 Å². The number of aryl methyl sites for hydroxylation is 1. The molecular formula is C17H16O3. The van der Waals surface area contributed by atoms with Gasteiger partial charge in [0.2, 0.25) is 0 Å². The van der Waals surface area contributed by atoms with Gasteiger partial charge in [0.25, 0.3) is 0 Å². The molecule has 0 saturated heterocycles. The van der Waals surface area contributed by atoms with Crippen LogP contribution in [0.2, 0.25) is 0 Å². The Hall–Kier alpha value is -2.55. The molecule has 2 rings (SSSR count). The van der Waals surface area contributed by atoms with Crippen molar-refractivity contribution in [3.8, 4) is 5.75 Å². The normalized spacial score (nSPS) is 10.7. The molecule has 0 aliphatic heterocycles. The smallest absolute Gasteiger partial charge is 0.335 e. The van der Waals surface area contributed by atoms with E-state index < -0.39 is 5.97 Å². The molecule has 3 nitrogen and oxygen atoms in total. The molecule has 0 saturated carbocycles. The standard InChI is InChI=1S/C17H16O3/c1-12-10-16(20-2)9-8-14(12)7-6-13-4-3-5-15(11-13)17(18)19/h3-11H,1-2H3,(H,18,19)/b7-6+. The van der Waals surface area contributed by atoms with Gasteiger partial charge in [-0.05, 0) is 47.9 Å². The summed E-state index contributed by atoms with van der Waals surface area (Å²) in [6.07, 6.45) is 3.87. The molecule has 102 valence electrons. The van der Waals surface area contributed by atoms with Crippen LogP contribution in [0, 0.1) is 6.92 Å². The van der Waals surface area contributed by atoms with E-state index >= 15 is 0 Å². The van der Waals surface area contributed by atoms with E-state index in [1.54, 1.807) is 25.3 Å². The van der Waals surface area contributed by atoms with Crippen molar-refractivity contribution in [3.63, 3.8) is 0 Å². The third-order valence-electron chi connectivity index (χ3n) is 3.07. The van der Waals surface area contributed by atoms with Gasteiger partial charge in [-0.25, -0.2) is 4.79 Å². The molecule has 1 N–H and O–H groups in total. The number of ether oxygens (including phenoxy) is 1. The molecular weight excluding hydrogens is 252 g/mol. The zero-order valence-electron chi connectivity index (χ0n) is 11.5. The fraction of sp³-hybridized carbons (Fsp3) is 0.118. The van der Waals surface area contributed by atoms with Gasteiger partial charge in [0.15, 0.2) is 0 Å². The first kappa shape index (κ1) is 13.9. The van der Waals surface area contributed by atoms with Crippen LogP contribution in [0.5, 0.6) is 5.75 Å². The highest BCUT2D eigenvalue weighted by Gasteiger charge is 2.01. The second-order valence-corrected chi connectivity index (χ2v) is 4.49. The molecule has 0 bridgehead atoms. The summed E-state index contributed by atoms with van der Waals surface area (Å²) in [5, 5.41) is 8.96. The number of rotatable bonds is 4. The zero-order valence-corrected chi connectivity index (χ0v) is 11.5. The highest BCUT2D eigenvalue weighted by Crippen LogP contribution is 2.19. The van der Waals surface area contributed by atoms with Gasteiger partial charge < -0.3 is 9.84 Å². The Bertz CT molecular complexity index is 657. The average molecular weight is 268 g/mol. The zero-order chi connectivity index (χ0) is 14.5. The Kier molecular flexibility index (Phi) is 4.20. The second kappa shape index (κ2) is 6.06. The lowest BCUT2D eigenvalue weighted by atomic mass is 10.1. The highest BCUT2D eigenvalue weighted by atomic mass is 16.5. The maximum atomic E-state index is 10.9. The molecule has 0 fully saturated rings. The Labute approximate surface area is 118 Å². The third-order valence-corrected chi connectivity index (χ3v) is 3.07. The molecule has 2 aromatic carbocycles. The minimum Gasteiger partial charge on any atom is -0.497 e. The lowest BCUT2D eigenvalue weighted by molar-refractivity contribution is 0.0697. The van der Waals surface area contributed by atoms with Crippen molar-refractivity contribution in [1.82, 2.24) is 0 Å². The molecule has 0 radical (unpaired) electrons. The predicted octanol–water partition coefficient (Wildman–Crippen LogP) is 3.87. The topological polar surface area (TPSA) is 46.5 Å². The molecule has 0 aromatic heterocycles. The van der Waals surface area contributed by atoms with E-state index in [-0.39, 0.29) is 0 Å². The first-order valence-electron chi connectivity index (χ1n) is 6.26. The van der Waals surface area contributed by atoms with Crippen LogP contribution in [0.15, 0.2) is 42.5 Å². The molecule has 0 atom stereocenters. The van der Waals surface area contributed by atoms with Gasteiger partial charge in [-0.1, -0.05) is 30.4 Å². The Balaban J connectivity index is 2.25. The number of carboxylic acids is 1. The summed E-state index contributed by atoms with van der Waals surface area (Å²) in [7, 11) is 1.64. The number of methoxy groups -OCH3 is 1. The highest BCUT2D eigenvalue weighted by molar-refractivity contribution is 5.88. The lowest BCUT2D eigenvalue weighted by Crippen LogP contribution is -1.95. The summed E-state index contributed by atoms with van der Waals surface area (Å²) in [4.78, 5) is 10.9. The van der Waals surface area contributed by atoms with Crippen molar-refractivity contribution in [3.05, 3.63) is 64.7 Å². The number of aromatic carboxylic acids is 1. The summed E-state index contributed by atoms with van der Waals surface area (Å²) in [6.45, 7) is 2.01. The summed E-state index contributed by atoms with van der Waals surface area (Å²) in [5.74, 6) is -0.0894. The number of hydrogen-bond acceptors (Lipinski definition) is 2. The summed E-state index contributed by atoms with van der Waals surface area (Å²) in [6, 6.07) is 12.7. The van der Waals surface area contributed by atoms with Crippen LogP contribution in [0.3, 0.4) is 0 Å². The number of carbonyl (C=O) groups is 1. The third kappa shape index (κ3) is 3.26. The summed E-state index contributed by atoms with van der Waals surface area (Å²) >= 11 is 0. The molecule has 20 heavy (non-hydrogen) atoms. The van der Waals surface area contributed by atoms with Crippen molar-refractivity contribution >= 4 is 18.1 Å². The second-order valence-electron chi connectivity index (χ2n) is 4.49. The lowest BCUT2D eigenvalue weighted by Gasteiger charge is -2.04. The summed E-state index contributed by atoms with van der Waals surface area (Å²) in [5.41, 5.74) is 3.33. The van der Waals surface area contributed by atoms with E-state index in [9.17, 15) is 4.79 Å². The van der Waals surface area contributed by atoms with E-state index in [2.05, 4.69) is 0 Å². The SMILES string of the molecule is COc1ccc(/C=C/c2cccc(C(=O)O)c2)c(C)c1. The van der Waals surface area contributed by atoms with E-state index in [1.807, 2.05) is 43.3 Å². The van der Waals surface area contributed by atoms with Crippen LogP contribution in [0.4, 0.5) is 0 Å².